The molecular weight excluding hydrogens is 807 g/mol. The van der Waals surface area contributed by atoms with Crippen LogP contribution in [0.15, 0.2) is 0 Å². The largest absolute Gasteiger partial charge is 0.394 e. The number of rotatable bonds is 33. The minimum Gasteiger partial charge on any atom is -0.394 e. The maximum absolute atomic E-state index is 13.9. The Hall–Kier alpha value is -1.95. The highest BCUT2D eigenvalue weighted by atomic mass is 16.5. The third kappa shape index (κ3) is 22.9. The number of amides is 3. The molecule has 0 spiro atoms. The molecule has 15 heteroatoms. The molecule has 0 radical (unpaired) electrons. The lowest BCUT2D eigenvalue weighted by Crippen LogP contribution is -2.59. The first-order valence-electron chi connectivity index (χ1n) is 25.3. The molecule has 63 heavy (non-hydrogen) atoms. The number of ether oxygens (including phenoxy) is 6. The number of nitrogens with one attached hydrogen (secondary N) is 4. The molecule has 3 atom stereocenters. The summed E-state index contributed by atoms with van der Waals surface area (Å²) in [4.78, 5) is 39.0. The van der Waals surface area contributed by atoms with Crippen LogP contribution in [0.2, 0.25) is 0 Å². The second-order valence-electron chi connectivity index (χ2n) is 19.0. The predicted molar refractivity (Wildman–Crippen MR) is 244 cm³/mol. The summed E-state index contributed by atoms with van der Waals surface area (Å²) >= 11 is 0. The third-order valence-corrected chi connectivity index (χ3v) is 14.2. The zero-order valence-corrected chi connectivity index (χ0v) is 39.0. The monoisotopic (exact) mass is 896 g/mol. The van der Waals surface area contributed by atoms with Crippen LogP contribution in [0.4, 0.5) is 0 Å². The van der Waals surface area contributed by atoms with E-state index in [0.717, 1.165) is 62.4 Å². The fraction of sp³-hybridized carbons (Fsp3) is 0.938. The van der Waals surface area contributed by atoms with E-state index in [1.807, 2.05) is 0 Å². The molecule has 0 aromatic rings. The van der Waals surface area contributed by atoms with Crippen molar-refractivity contribution in [2.75, 3.05) is 106 Å². The second kappa shape index (κ2) is 33.5. The van der Waals surface area contributed by atoms with Gasteiger partial charge in [-0.1, -0.05) is 83.5 Å². The highest BCUT2D eigenvalue weighted by molar-refractivity contribution is 5.79. The van der Waals surface area contributed by atoms with Crippen LogP contribution in [0.5, 0.6) is 0 Å². The van der Waals surface area contributed by atoms with Gasteiger partial charge in [0, 0.05) is 45.0 Å². The van der Waals surface area contributed by atoms with E-state index < -0.39 is 12.1 Å². The van der Waals surface area contributed by atoms with Crippen LogP contribution in [0.3, 0.4) is 0 Å². The van der Waals surface area contributed by atoms with Crippen molar-refractivity contribution < 1.29 is 47.9 Å². The summed E-state index contributed by atoms with van der Waals surface area (Å²) < 4.78 is 34.1. The lowest BCUT2D eigenvalue weighted by atomic mass is 9.68. The average molecular weight is 896 g/mol. The van der Waals surface area contributed by atoms with Gasteiger partial charge in [0.2, 0.25) is 17.7 Å². The number of aliphatic hydroxyl groups is 1. The van der Waals surface area contributed by atoms with Crippen LogP contribution < -0.4 is 27.2 Å². The van der Waals surface area contributed by atoms with Gasteiger partial charge in [0.1, 0.15) is 5.54 Å². The maximum atomic E-state index is 13.9. The molecule has 7 N–H and O–H groups in total. The minimum atomic E-state index is -1.22. The summed E-state index contributed by atoms with van der Waals surface area (Å²) in [5.74, 6) is 8.70. The molecule has 4 fully saturated rings. The third-order valence-electron chi connectivity index (χ3n) is 14.2. The van der Waals surface area contributed by atoms with Crippen LogP contribution in [-0.4, -0.2) is 134 Å². The molecule has 4 aliphatic rings. The molecule has 0 bridgehead atoms. The summed E-state index contributed by atoms with van der Waals surface area (Å²) in [6.45, 7) is 4.94. The van der Waals surface area contributed by atoms with Gasteiger partial charge in [0.05, 0.1) is 79.3 Å². The number of carbonyl (C=O) groups is 3. The fourth-order valence-electron chi connectivity index (χ4n) is 10.4. The van der Waals surface area contributed by atoms with Crippen LogP contribution in [0.1, 0.15) is 141 Å². The molecular formula is C48H89N5O10. The van der Waals surface area contributed by atoms with Gasteiger partial charge in [-0.2, -0.15) is 0 Å². The zero-order valence-electron chi connectivity index (χ0n) is 39.0. The number of hydrazine groups is 1. The topological polar surface area (TPSA) is 201 Å². The van der Waals surface area contributed by atoms with Gasteiger partial charge in [-0.3, -0.25) is 25.7 Å². The lowest BCUT2D eigenvalue weighted by Gasteiger charge is -2.39. The van der Waals surface area contributed by atoms with Crippen molar-refractivity contribution in [1.29, 1.82) is 0 Å². The van der Waals surface area contributed by atoms with E-state index in [1.54, 1.807) is 0 Å². The molecule has 4 aliphatic carbocycles. The molecule has 0 aromatic carbocycles. The standard InChI is InChI=1S/C48H89N5O10/c49-52-25-31-61-35-34-60-30-24-51-46(56)22-28-63-38-48(36-54,37-62-27-21-45(55)50-23-29-59-33-32-58-26-20-39-8-4-5-9-39)53-47(57)44-18-16-43(17-19-44)42-13-7-6-12-41(14-15-42)40-10-2-1-3-11-40/h39-44,52,54H,1-38,49H2,(H,50,55)(H,51,56)(H,53,57). The predicted octanol–water partition coefficient (Wildman–Crippen LogP) is 4.96. The van der Waals surface area contributed by atoms with E-state index in [1.165, 1.54) is 96.3 Å². The van der Waals surface area contributed by atoms with E-state index in [-0.39, 0.29) is 62.9 Å². The van der Waals surface area contributed by atoms with Crippen molar-refractivity contribution in [3.63, 3.8) is 0 Å². The first-order valence-corrected chi connectivity index (χ1v) is 25.3. The summed E-state index contributed by atoms with van der Waals surface area (Å²) in [5, 5.41) is 19.6. The summed E-state index contributed by atoms with van der Waals surface area (Å²) in [6.07, 6.45) is 25.7. The second-order valence-corrected chi connectivity index (χ2v) is 19.0. The van der Waals surface area contributed by atoms with Crippen molar-refractivity contribution in [3.05, 3.63) is 0 Å². The Morgan fingerprint density at radius 2 is 0.921 bits per heavy atom. The number of nitrogens with two attached hydrogens (primary N) is 1. The van der Waals surface area contributed by atoms with Crippen LogP contribution in [0.25, 0.3) is 0 Å². The van der Waals surface area contributed by atoms with Crippen LogP contribution in [-0.2, 0) is 42.8 Å². The Morgan fingerprint density at radius 3 is 1.43 bits per heavy atom. The van der Waals surface area contributed by atoms with Gasteiger partial charge in [-0.25, -0.2) is 0 Å². The zero-order chi connectivity index (χ0) is 44.6. The summed E-state index contributed by atoms with van der Waals surface area (Å²) in [6, 6.07) is 0. The Morgan fingerprint density at radius 1 is 0.492 bits per heavy atom. The van der Waals surface area contributed by atoms with E-state index >= 15 is 0 Å². The smallest absolute Gasteiger partial charge is 0.223 e. The molecule has 3 amide bonds. The molecule has 15 nitrogen and oxygen atoms in total. The van der Waals surface area contributed by atoms with Crippen molar-refractivity contribution in [1.82, 2.24) is 21.4 Å². The summed E-state index contributed by atoms with van der Waals surface area (Å²) in [5.41, 5.74) is 1.30. The Bertz CT molecular complexity index is 1200. The van der Waals surface area contributed by atoms with Crippen LogP contribution >= 0.6 is 0 Å². The molecule has 366 valence electrons. The molecule has 4 saturated carbocycles. The molecule has 4 rings (SSSR count). The van der Waals surface area contributed by atoms with Gasteiger partial charge in [-0.05, 0) is 74.5 Å². The quantitative estimate of drug-likeness (QED) is 0.0294. The Labute approximate surface area is 379 Å². The summed E-state index contributed by atoms with van der Waals surface area (Å²) in [7, 11) is 0. The Balaban J connectivity index is 1.16. The molecule has 0 saturated heterocycles. The van der Waals surface area contributed by atoms with Gasteiger partial charge < -0.3 is 49.5 Å². The Kier molecular flexibility index (Phi) is 28.5. The molecule has 0 aliphatic heterocycles. The van der Waals surface area contributed by atoms with E-state index in [2.05, 4.69) is 21.4 Å². The highest BCUT2D eigenvalue weighted by Gasteiger charge is 2.38. The number of hydrogen-bond acceptors (Lipinski definition) is 12. The highest BCUT2D eigenvalue weighted by Crippen LogP contribution is 2.43. The fourth-order valence-corrected chi connectivity index (χ4v) is 10.4. The molecule has 0 aromatic heterocycles. The van der Waals surface area contributed by atoms with Crippen LogP contribution in [0, 0.1) is 35.5 Å². The van der Waals surface area contributed by atoms with E-state index in [0.29, 0.717) is 71.8 Å². The maximum Gasteiger partial charge on any atom is 0.223 e. The normalized spacial score (nSPS) is 23.7. The van der Waals surface area contributed by atoms with Gasteiger partial charge in [-0.15, -0.1) is 0 Å². The first kappa shape index (κ1) is 53.7. The lowest BCUT2D eigenvalue weighted by molar-refractivity contribution is -0.133. The number of carbonyl (C=O) groups excluding carboxylic acids is 3. The van der Waals surface area contributed by atoms with Crippen molar-refractivity contribution in [3.8, 4) is 0 Å². The number of hydrogen-bond donors (Lipinski definition) is 6. The van der Waals surface area contributed by atoms with Gasteiger partial charge in [0.25, 0.3) is 0 Å². The average Bonchev–Trinajstić information content (AvgIpc) is 3.82. The van der Waals surface area contributed by atoms with Gasteiger partial charge >= 0.3 is 0 Å². The van der Waals surface area contributed by atoms with Crippen molar-refractivity contribution >= 4 is 17.7 Å². The van der Waals surface area contributed by atoms with E-state index in [4.69, 9.17) is 34.3 Å². The van der Waals surface area contributed by atoms with Gasteiger partial charge in [0.15, 0.2) is 0 Å². The first-order chi connectivity index (χ1) is 30.9. The van der Waals surface area contributed by atoms with Crippen molar-refractivity contribution in [2.24, 2.45) is 41.4 Å². The molecule has 3 unspecified atom stereocenters. The minimum absolute atomic E-state index is 0.0397. The van der Waals surface area contributed by atoms with Crippen molar-refractivity contribution in [2.45, 2.75) is 147 Å². The molecule has 0 heterocycles. The number of aliphatic hydroxyl groups excluding tert-OH is 1. The van der Waals surface area contributed by atoms with E-state index in [9.17, 15) is 19.5 Å². The SMILES string of the molecule is NNCCOCCOCCNC(=O)CCOCC(CO)(COCCC(=O)NCCOCCOCCC1CCCC1)NC(=O)C1CCC(C2CCCCC(C3CCCCC3)CC2)CC1.